The number of unbranched alkanes of at least 4 members (excludes halogenated alkanes) is 1. The Morgan fingerprint density at radius 1 is 1.31 bits per heavy atom. The quantitative estimate of drug-likeness (QED) is 0.442. The number of primary amides is 1. The van der Waals surface area contributed by atoms with Crippen LogP contribution in [0, 0.1) is 11.6 Å². The summed E-state index contributed by atoms with van der Waals surface area (Å²) in [6.07, 6.45) is 2.73. The molecule has 32 heavy (non-hydrogen) atoms. The summed E-state index contributed by atoms with van der Waals surface area (Å²) in [5.74, 6) is -2.94. The van der Waals surface area contributed by atoms with Crippen molar-refractivity contribution in [2.75, 3.05) is 26.0 Å². The molecule has 1 atom stereocenters. The molecule has 2 rings (SSSR count). The second kappa shape index (κ2) is 11.9. The summed E-state index contributed by atoms with van der Waals surface area (Å²) in [6.45, 7) is 2.16. The normalized spacial score (nSPS) is 12.0. The Labute approximate surface area is 194 Å². The number of benzene rings is 1. The Kier molecular flexibility index (Phi) is 9.60. The smallest absolute Gasteiger partial charge is 0.320 e. The summed E-state index contributed by atoms with van der Waals surface area (Å²) in [7, 11) is 3.81. The van der Waals surface area contributed by atoms with Crippen LogP contribution in [0.2, 0.25) is 5.02 Å². The first-order valence-corrected chi connectivity index (χ1v) is 11.0. The first kappa shape index (κ1) is 25.8. The lowest BCUT2D eigenvalue weighted by atomic mass is 10.1. The van der Waals surface area contributed by atoms with E-state index in [0.717, 1.165) is 42.9 Å². The van der Waals surface area contributed by atoms with Crippen LogP contribution in [0.1, 0.15) is 42.1 Å². The van der Waals surface area contributed by atoms with Gasteiger partial charge in [0.2, 0.25) is 5.88 Å². The molecular formula is C20H26ClF2N5O3S. The number of aromatic nitrogens is 1. The van der Waals surface area contributed by atoms with Crippen molar-refractivity contribution in [2.24, 2.45) is 5.73 Å². The molecule has 1 unspecified atom stereocenters. The fraction of sp³-hybridized carbons (Fsp3) is 0.450. The molecule has 0 spiro atoms. The molecule has 3 amide bonds. The maximum absolute atomic E-state index is 14.0. The van der Waals surface area contributed by atoms with Crippen LogP contribution in [0.3, 0.4) is 0 Å². The number of anilines is 1. The molecule has 1 heterocycles. The van der Waals surface area contributed by atoms with Crippen LogP contribution in [-0.4, -0.2) is 47.9 Å². The zero-order chi connectivity index (χ0) is 23.8. The molecule has 4 N–H and O–H groups in total. The molecule has 0 fully saturated rings. The average Bonchev–Trinajstić information content (AvgIpc) is 3.07. The molecule has 0 saturated heterocycles. The minimum Gasteiger partial charge on any atom is -0.471 e. The zero-order valence-electron chi connectivity index (χ0n) is 18.0. The highest BCUT2D eigenvalue weighted by Crippen LogP contribution is 2.31. The van der Waals surface area contributed by atoms with Crippen molar-refractivity contribution in [2.45, 2.75) is 38.8 Å². The number of nitrogens with two attached hydrogens (primary N) is 1. The van der Waals surface area contributed by atoms with E-state index in [-0.39, 0.29) is 33.1 Å². The average molecular weight is 490 g/mol. The van der Waals surface area contributed by atoms with Gasteiger partial charge in [-0.3, -0.25) is 10.1 Å². The summed E-state index contributed by atoms with van der Waals surface area (Å²) < 4.78 is 37.2. The summed E-state index contributed by atoms with van der Waals surface area (Å²) >= 11 is 6.38. The van der Waals surface area contributed by atoms with E-state index in [1.165, 1.54) is 0 Å². The van der Waals surface area contributed by atoms with Crippen LogP contribution in [-0.2, 0) is 6.61 Å². The number of nitrogens with zero attached hydrogens (tertiary/aromatic N) is 2. The number of carbonyl (C=O) groups excluding carboxylic acids is 2. The van der Waals surface area contributed by atoms with Crippen molar-refractivity contribution in [3.05, 3.63) is 39.9 Å². The zero-order valence-corrected chi connectivity index (χ0v) is 19.6. The molecule has 0 aliphatic carbocycles. The molecule has 2 aromatic rings. The van der Waals surface area contributed by atoms with E-state index in [2.05, 4.69) is 21.9 Å². The van der Waals surface area contributed by atoms with Crippen LogP contribution in [0.25, 0.3) is 0 Å². The van der Waals surface area contributed by atoms with Gasteiger partial charge >= 0.3 is 6.03 Å². The Morgan fingerprint density at radius 2 is 1.97 bits per heavy atom. The Hall–Kier alpha value is -2.50. The third-order valence-electron chi connectivity index (χ3n) is 4.42. The number of carbonyl (C=O) groups is 2. The summed E-state index contributed by atoms with van der Waals surface area (Å²) in [4.78, 5) is 26.4. The number of amides is 3. The fourth-order valence-electron chi connectivity index (χ4n) is 2.95. The molecule has 1 aromatic heterocycles. The number of hydrogen-bond acceptors (Lipinski definition) is 6. The van der Waals surface area contributed by atoms with Crippen molar-refractivity contribution in [3.63, 3.8) is 0 Å². The first-order valence-electron chi connectivity index (χ1n) is 9.90. The minimum atomic E-state index is -0.906. The van der Waals surface area contributed by atoms with Gasteiger partial charge in [0.05, 0.1) is 5.56 Å². The number of ether oxygens (including phenoxy) is 1. The van der Waals surface area contributed by atoms with Crippen LogP contribution in [0.4, 0.5) is 18.6 Å². The highest BCUT2D eigenvalue weighted by Gasteiger charge is 2.24. The number of urea groups is 1. The second-order valence-corrected chi connectivity index (χ2v) is 8.60. The fourth-order valence-corrected chi connectivity index (χ4v) is 3.88. The molecular weight excluding hydrogens is 464 g/mol. The van der Waals surface area contributed by atoms with E-state index >= 15 is 0 Å². The molecule has 12 heteroatoms. The predicted molar refractivity (Wildman–Crippen MR) is 120 cm³/mol. The molecule has 0 saturated carbocycles. The van der Waals surface area contributed by atoms with Crippen molar-refractivity contribution in [1.82, 2.24) is 14.6 Å². The Morgan fingerprint density at radius 3 is 2.53 bits per heavy atom. The van der Waals surface area contributed by atoms with E-state index < -0.39 is 30.2 Å². The maximum atomic E-state index is 14.0. The molecule has 0 aliphatic rings. The standard InChI is InChI=1S/C20H26ClF2N5O3S/c1-4-5-6-12(9-28(2)3)25-20(30)26-19-16(17(24)29)18(27-32-19)31-10-13-14(22)7-11(21)8-15(13)23/h7-8,12H,4-6,9-10H2,1-3H3,(H2,24,29)(H2,25,26,30). The molecule has 1 aromatic carbocycles. The van der Waals surface area contributed by atoms with E-state index in [1.807, 2.05) is 19.0 Å². The van der Waals surface area contributed by atoms with E-state index in [1.54, 1.807) is 0 Å². The van der Waals surface area contributed by atoms with Gasteiger partial charge in [-0.2, -0.15) is 4.37 Å². The second-order valence-electron chi connectivity index (χ2n) is 7.39. The number of rotatable bonds is 11. The van der Waals surface area contributed by atoms with Crippen molar-refractivity contribution >= 4 is 40.1 Å². The number of halogens is 3. The van der Waals surface area contributed by atoms with Gasteiger partial charge in [0.15, 0.2) is 0 Å². The minimum absolute atomic E-state index is 0.0705. The number of likely N-dealkylation sites (N-methyl/N-ethyl adjacent to an activating group) is 1. The van der Waals surface area contributed by atoms with Crippen molar-refractivity contribution < 1.29 is 23.1 Å². The summed E-state index contributed by atoms with van der Waals surface area (Å²) in [6, 6.07) is 1.26. The lowest BCUT2D eigenvalue weighted by Crippen LogP contribution is -2.43. The third-order valence-corrected chi connectivity index (χ3v) is 5.38. The van der Waals surface area contributed by atoms with Crippen LogP contribution in [0.15, 0.2) is 12.1 Å². The van der Waals surface area contributed by atoms with E-state index in [4.69, 9.17) is 22.1 Å². The molecule has 8 nitrogen and oxygen atoms in total. The van der Waals surface area contributed by atoms with Gasteiger partial charge in [0.25, 0.3) is 5.91 Å². The van der Waals surface area contributed by atoms with Gasteiger partial charge in [-0.1, -0.05) is 31.4 Å². The van der Waals surface area contributed by atoms with Gasteiger partial charge in [0, 0.05) is 17.6 Å². The first-order chi connectivity index (χ1) is 15.1. The Bertz CT molecular complexity index is 934. The SMILES string of the molecule is CCCCC(CN(C)C)NC(=O)Nc1snc(OCc2c(F)cc(Cl)cc2F)c1C(N)=O. The lowest BCUT2D eigenvalue weighted by molar-refractivity contribution is 0.0996. The van der Waals surface area contributed by atoms with Gasteiger partial charge < -0.3 is 20.7 Å². The van der Waals surface area contributed by atoms with Gasteiger partial charge in [-0.15, -0.1) is 0 Å². The van der Waals surface area contributed by atoms with Crippen LogP contribution in [0.5, 0.6) is 5.88 Å². The molecule has 0 radical (unpaired) electrons. The van der Waals surface area contributed by atoms with Crippen LogP contribution >= 0.6 is 23.1 Å². The summed E-state index contributed by atoms with van der Waals surface area (Å²) in [5.41, 5.74) is 4.86. The molecule has 0 aliphatic heterocycles. The van der Waals surface area contributed by atoms with Crippen molar-refractivity contribution in [3.8, 4) is 5.88 Å². The van der Waals surface area contributed by atoms with Gasteiger partial charge in [0.1, 0.15) is 28.8 Å². The topological polar surface area (TPSA) is 110 Å². The number of nitrogens with one attached hydrogen (secondary N) is 2. The van der Waals surface area contributed by atoms with E-state index in [9.17, 15) is 18.4 Å². The van der Waals surface area contributed by atoms with Crippen LogP contribution < -0.4 is 21.1 Å². The predicted octanol–water partition coefficient (Wildman–Crippen LogP) is 3.99. The monoisotopic (exact) mass is 489 g/mol. The highest BCUT2D eigenvalue weighted by molar-refractivity contribution is 7.11. The van der Waals surface area contributed by atoms with Crippen molar-refractivity contribution in [1.29, 1.82) is 0 Å². The molecule has 0 bridgehead atoms. The lowest BCUT2D eigenvalue weighted by Gasteiger charge is -2.22. The highest BCUT2D eigenvalue weighted by atomic mass is 35.5. The number of hydrogen-bond donors (Lipinski definition) is 3. The largest absolute Gasteiger partial charge is 0.471 e. The van der Waals surface area contributed by atoms with E-state index in [0.29, 0.717) is 6.54 Å². The summed E-state index contributed by atoms with van der Waals surface area (Å²) in [5, 5.41) is 5.40. The van der Waals surface area contributed by atoms with Gasteiger partial charge in [-0.25, -0.2) is 13.6 Å². The third kappa shape index (κ3) is 7.28. The molecule has 176 valence electrons. The Balaban J connectivity index is 2.12. The maximum Gasteiger partial charge on any atom is 0.320 e. The van der Waals surface area contributed by atoms with Gasteiger partial charge in [-0.05, 0) is 44.2 Å².